The Labute approximate surface area is 269 Å². The molecule has 242 valence electrons. The van der Waals surface area contributed by atoms with E-state index in [0.29, 0.717) is 28.3 Å². The fourth-order valence-electron chi connectivity index (χ4n) is 4.43. The number of aryl methyl sites for hydroxylation is 1. The molecule has 4 rings (SSSR count). The second kappa shape index (κ2) is 16.6. The number of anilines is 1. The zero-order valence-electron chi connectivity index (χ0n) is 27.2. The fourth-order valence-corrected chi connectivity index (χ4v) is 4.43. The summed E-state index contributed by atoms with van der Waals surface area (Å²) < 4.78 is 7.25. The molecule has 1 aromatic heterocycles. The molecule has 11 nitrogen and oxygen atoms in total. The number of aliphatic imine (C=N–C) groups is 1. The van der Waals surface area contributed by atoms with Gasteiger partial charge in [0, 0.05) is 62.6 Å². The summed E-state index contributed by atoms with van der Waals surface area (Å²) in [6.45, 7) is 8.05. The van der Waals surface area contributed by atoms with Crippen LogP contribution in [-0.4, -0.2) is 49.3 Å². The van der Waals surface area contributed by atoms with Gasteiger partial charge in [-0.25, -0.2) is 0 Å². The van der Waals surface area contributed by atoms with Gasteiger partial charge in [-0.15, -0.1) is 0 Å². The highest BCUT2D eigenvalue weighted by Crippen LogP contribution is 2.37. The molecule has 0 radical (unpaired) electrons. The molecule has 0 saturated heterocycles. The van der Waals surface area contributed by atoms with Crippen molar-refractivity contribution in [1.82, 2.24) is 20.5 Å². The molecule has 4 N–H and O–H groups in total. The van der Waals surface area contributed by atoms with E-state index in [1.807, 2.05) is 26.0 Å². The number of hydrogen-bond donors (Lipinski definition) is 4. The quantitative estimate of drug-likeness (QED) is 0.109. The first kappa shape index (κ1) is 35.0. The Hall–Kier alpha value is -5.45. The molecule has 46 heavy (non-hydrogen) atoms. The third-order valence-corrected chi connectivity index (χ3v) is 7.14. The van der Waals surface area contributed by atoms with Crippen LogP contribution in [0.5, 0.6) is 5.75 Å². The van der Waals surface area contributed by atoms with Crippen LogP contribution >= 0.6 is 0 Å². The molecule has 0 unspecified atom stereocenters. The van der Waals surface area contributed by atoms with E-state index in [1.165, 1.54) is 18.7 Å². The Morgan fingerprint density at radius 3 is 2.37 bits per heavy atom. The second-order valence-corrected chi connectivity index (χ2v) is 10.2. The normalized spacial score (nSPS) is 12.7. The molecule has 1 aliphatic rings. The highest BCUT2D eigenvalue weighted by Gasteiger charge is 2.30. The third-order valence-electron chi connectivity index (χ3n) is 7.14. The molecule has 0 spiro atoms. The number of carbonyl (C=O) groups excluding carboxylic acids is 3. The maximum atomic E-state index is 12.8. The number of rotatable bonds is 11. The Bertz CT molecular complexity index is 1700. The van der Waals surface area contributed by atoms with Crippen molar-refractivity contribution in [3.8, 4) is 16.9 Å². The molecule has 1 aliphatic carbocycles. The molecule has 3 aromatic rings. The van der Waals surface area contributed by atoms with Gasteiger partial charge in [-0.05, 0) is 42.7 Å². The summed E-state index contributed by atoms with van der Waals surface area (Å²) in [6.07, 6.45) is 4.90. The van der Waals surface area contributed by atoms with Crippen molar-refractivity contribution in [2.45, 2.75) is 33.2 Å². The van der Waals surface area contributed by atoms with E-state index in [1.54, 1.807) is 68.8 Å². The molecule has 0 aliphatic heterocycles. The van der Waals surface area contributed by atoms with E-state index in [0.717, 1.165) is 24.0 Å². The Kier molecular flexibility index (Phi) is 12.6. The van der Waals surface area contributed by atoms with Gasteiger partial charge in [0.2, 0.25) is 5.91 Å². The van der Waals surface area contributed by atoms with Gasteiger partial charge < -0.3 is 30.6 Å². The molecular weight excluding hydrogens is 584 g/mol. The van der Waals surface area contributed by atoms with Gasteiger partial charge in [0.1, 0.15) is 11.6 Å². The Morgan fingerprint density at radius 1 is 1.07 bits per heavy atom. The van der Waals surface area contributed by atoms with Crippen LogP contribution in [0.15, 0.2) is 94.5 Å². The van der Waals surface area contributed by atoms with Crippen LogP contribution in [0.4, 0.5) is 5.69 Å². The van der Waals surface area contributed by atoms with Gasteiger partial charge in [0.25, 0.3) is 17.4 Å². The van der Waals surface area contributed by atoms with Crippen LogP contribution in [0.1, 0.15) is 42.6 Å². The first-order valence-corrected chi connectivity index (χ1v) is 15.0. The minimum Gasteiger partial charge on any atom is -0.494 e. The number of benzene rings is 2. The number of nitrogens with zero attached hydrogens (tertiary/aromatic N) is 2. The van der Waals surface area contributed by atoms with Crippen LogP contribution in [0, 0.1) is 5.92 Å². The maximum absolute atomic E-state index is 12.8. The van der Waals surface area contributed by atoms with Gasteiger partial charge in [-0.1, -0.05) is 50.8 Å². The van der Waals surface area contributed by atoms with Gasteiger partial charge >= 0.3 is 0 Å². The van der Waals surface area contributed by atoms with Crippen LogP contribution in [0.3, 0.4) is 0 Å². The second-order valence-electron chi connectivity index (χ2n) is 10.2. The van der Waals surface area contributed by atoms with Gasteiger partial charge in [-0.3, -0.25) is 24.2 Å². The number of amidine groups is 1. The molecule has 0 atom stereocenters. The summed E-state index contributed by atoms with van der Waals surface area (Å²) in [7, 11) is 6.24. The third kappa shape index (κ3) is 8.81. The van der Waals surface area contributed by atoms with E-state index in [4.69, 9.17) is 4.74 Å². The number of aromatic nitrogens is 1. The lowest BCUT2D eigenvalue weighted by molar-refractivity contribution is -0.120. The molecule has 1 saturated carbocycles. The van der Waals surface area contributed by atoms with Crippen LogP contribution in [0.25, 0.3) is 11.1 Å². The van der Waals surface area contributed by atoms with Crippen molar-refractivity contribution in [3.63, 3.8) is 0 Å². The number of nitrogens with one attached hydrogen (secondary N) is 4. The largest absolute Gasteiger partial charge is 0.494 e. The molecular formula is C35H42N6O5. The minimum absolute atomic E-state index is 0.0223. The van der Waals surface area contributed by atoms with E-state index in [2.05, 4.69) is 32.8 Å². The monoisotopic (exact) mass is 626 g/mol. The van der Waals surface area contributed by atoms with Crippen molar-refractivity contribution in [1.29, 1.82) is 0 Å². The zero-order chi connectivity index (χ0) is 33.8. The number of para-hydroxylation sites is 1. The first-order chi connectivity index (χ1) is 22.2. The van der Waals surface area contributed by atoms with Crippen LogP contribution in [-0.2, 0) is 23.2 Å². The molecule has 1 heterocycles. The molecule has 11 heteroatoms. The minimum atomic E-state index is -0.413. The number of methoxy groups -OCH3 is 1. The van der Waals surface area contributed by atoms with Gasteiger partial charge in [0.15, 0.2) is 0 Å². The summed E-state index contributed by atoms with van der Waals surface area (Å²) in [5, 5.41) is 11.4. The standard InChI is InChI=1S/C33H36N6O5.C2H6/c1-20(30(40)35-3)27(18-28(34-2)38-32(42)23-15-16-23)37-26-10-6-9-25(29(26)44-5)21-11-13-22(14-12-21)31(41)36-19-24-8-7-17-39(4)33(24)43;1-2/h6-14,17-18,23,37H,1,15-16,19H2,2-5H3,(H,35,40)(H,36,41)(H,34,38,42);1-2H3/b27-18+;. The van der Waals surface area contributed by atoms with Crippen LogP contribution < -0.4 is 31.6 Å². The zero-order valence-corrected chi connectivity index (χ0v) is 27.2. The summed E-state index contributed by atoms with van der Waals surface area (Å²) in [6, 6.07) is 15.9. The van der Waals surface area contributed by atoms with Crippen molar-refractivity contribution < 1.29 is 19.1 Å². The van der Waals surface area contributed by atoms with E-state index >= 15 is 0 Å². The first-order valence-electron chi connectivity index (χ1n) is 15.0. The van der Waals surface area contributed by atoms with E-state index in [-0.39, 0.29) is 41.2 Å². The number of hydrogen-bond acceptors (Lipinski definition) is 7. The number of pyridine rings is 1. The SMILES string of the molecule is C=C(C(=O)NC)/C(=C\C(=NC)NC(=O)C1CC1)Nc1cccc(-c2ccc(C(=O)NCc3cccn(C)c3=O)cc2)c1OC.CC. The molecule has 2 aromatic carbocycles. The summed E-state index contributed by atoms with van der Waals surface area (Å²) in [4.78, 5) is 54.1. The number of carbonyl (C=O) groups is 3. The van der Waals surface area contributed by atoms with E-state index < -0.39 is 5.91 Å². The lowest BCUT2D eigenvalue weighted by Gasteiger charge is -2.18. The van der Waals surface area contributed by atoms with Crippen molar-refractivity contribution in [3.05, 3.63) is 106 Å². The average molecular weight is 627 g/mol. The van der Waals surface area contributed by atoms with Crippen molar-refractivity contribution >= 4 is 29.2 Å². The molecule has 3 amide bonds. The Morgan fingerprint density at radius 2 is 1.76 bits per heavy atom. The topological polar surface area (TPSA) is 143 Å². The molecule has 1 fully saturated rings. The number of ether oxygens (including phenoxy) is 1. The fraction of sp³-hybridized carbons (Fsp3) is 0.286. The molecule has 0 bridgehead atoms. The summed E-state index contributed by atoms with van der Waals surface area (Å²) in [5.41, 5.74) is 3.25. The number of likely N-dealkylation sites (N-methyl/N-ethyl adjacent to an activating group) is 1. The van der Waals surface area contributed by atoms with E-state index in [9.17, 15) is 19.2 Å². The van der Waals surface area contributed by atoms with Gasteiger partial charge in [0.05, 0.1) is 24.1 Å². The highest BCUT2D eigenvalue weighted by molar-refractivity contribution is 6.08. The number of amides is 3. The van der Waals surface area contributed by atoms with Crippen molar-refractivity contribution in [2.24, 2.45) is 18.0 Å². The smallest absolute Gasteiger partial charge is 0.255 e. The Balaban J connectivity index is 0.00000282. The summed E-state index contributed by atoms with van der Waals surface area (Å²) in [5.74, 6) is -0.0965. The lowest BCUT2D eigenvalue weighted by atomic mass is 10.0. The van der Waals surface area contributed by atoms with Crippen molar-refractivity contribution in [2.75, 3.05) is 26.5 Å². The predicted octanol–water partition coefficient (Wildman–Crippen LogP) is 4.17. The lowest BCUT2D eigenvalue weighted by Crippen LogP contribution is -2.31. The summed E-state index contributed by atoms with van der Waals surface area (Å²) >= 11 is 0. The highest BCUT2D eigenvalue weighted by atomic mass is 16.5. The van der Waals surface area contributed by atoms with Crippen LogP contribution in [0.2, 0.25) is 0 Å². The van der Waals surface area contributed by atoms with Gasteiger partial charge in [-0.2, -0.15) is 0 Å². The average Bonchev–Trinajstić information content (AvgIpc) is 3.94. The predicted molar refractivity (Wildman–Crippen MR) is 182 cm³/mol. The maximum Gasteiger partial charge on any atom is 0.255 e.